The van der Waals surface area contributed by atoms with Gasteiger partial charge in [0.2, 0.25) is 0 Å². The molecule has 0 spiro atoms. The van der Waals surface area contributed by atoms with E-state index in [0.717, 1.165) is 16.1 Å². The Balaban J connectivity index is 1.63. The first-order valence-electron chi connectivity index (χ1n) is 6.11. The zero-order valence-electron chi connectivity index (χ0n) is 10.3. The lowest BCUT2D eigenvalue weighted by atomic mass is 10.2. The van der Waals surface area contributed by atoms with Gasteiger partial charge in [-0.3, -0.25) is 0 Å². The maximum absolute atomic E-state index is 13.0. The van der Waals surface area contributed by atoms with Crippen LogP contribution in [0.25, 0.3) is 10.2 Å². The van der Waals surface area contributed by atoms with E-state index in [1.165, 1.54) is 10.8 Å². The van der Waals surface area contributed by atoms with Crippen LogP contribution >= 0.6 is 11.3 Å². The fraction of sp³-hybridized carbons (Fsp3) is 0.133. The number of hydrogen-bond acceptors (Lipinski definition) is 3. The van der Waals surface area contributed by atoms with Crippen molar-refractivity contribution in [3.8, 4) is 0 Å². The van der Waals surface area contributed by atoms with Gasteiger partial charge in [0.1, 0.15) is 10.8 Å². The van der Waals surface area contributed by atoms with E-state index in [1.807, 2.05) is 24.3 Å². The molecule has 4 heteroatoms. The highest BCUT2D eigenvalue weighted by atomic mass is 32.1. The van der Waals surface area contributed by atoms with Gasteiger partial charge in [0, 0.05) is 13.1 Å². The minimum absolute atomic E-state index is 0.195. The second-order valence-electron chi connectivity index (χ2n) is 4.31. The Hall–Kier alpha value is -1.78. The van der Waals surface area contributed by atoms with Gasteiger partial charge in [-0.1, -0.05) is 24.3 Å². The summed E-state index contributed by atoms with van der Waals surface area (Å²) in [5.74, 6) is -0.195. The summed E-state index contributed by atoms with van der Waals surface area (Å²) < 4.78 is 14.2. The summed E-state index contributed by atoms with van der Waals surface area (Å²) >= 11 is 1.69. The summed E-state index contributed by atoms with van der Waals surface area (Å²) in [5.41, 5.74) is 1.98. The number of para-hydroxylation sites is 1. The summed E-state index contributed by atoms with van der Waals surface area (Å²) in [7, 11) is 0. The van der Waals surface area contributed by atoms with Crippen molar-refractivity contribution in [3.05, 3.63) is 64.9 Å². The Kier molecular flexibility index (Phi) is 3.53. The van der Waals surface area contributed by atoms with Gasteiger partial charge in [0.05, 0.1) is 10.2 Å². The van der Waals surface area contributed by atoms with Crippen molar-refractivity contribution < 1.29 is 4.39 Å². The van der Waals surface area contributed by atoms with Crippen LogP contribution in [0.3, 0.4) is 0 Å². The summed E-state index contributed by atoms with van der Waals surface area (Å²) in [6.45, 7) is 1.35. The maximum atomic E-state index is 13.0. The molecule has 0 aliphatic heterocycles. The quantitative estimate of drug-likeness (QED) is 0.783. The number of nitrogens with zero attached hydrogens (tertiary/aromatic N) is 1. The highest BCUT2D eigenvalue weighted by Gasteiger charge is 2.02. The molecule has 19 heavy (non-hydrogen) atoms. The Labute approximate surface area is 114 Å². The van der Waals surface area contributed by atoms with Gasteiger partial charge in [0.25, 0.3) is 0 Å². The average molecular weight is 272 g/mol. The van der Waals surface area contributed by atoms with E-state index in [2.05, 4.69) is 16.4 Å². The predicted octanol–water partition coefficient (Wildman–Crippen LogP) is 3.73. The molecule has 0 unspecified atom stereocenters. The van der Waals surface area contributed by atoms with E-state index in [0.29, 0.717) is 13.1 Å². The third-order valence-corrected chi connectivity index (χ3v) is 3.87. The normalized spacial score (nSPS) is 11.0. The summed E-state index contributed by atoms with van der Waals surface area (Å²) in [6.07, 6.45) is 0. The van der Waals surface area contributed by atoms with Crippen LogP contribution in [-0.2, 0) is 13.1 Å². The Morgan fingerprint density at radius 3 is 2.79 bits per heavy atom. The standard InChI is InChI=1S/C15H13FN2S/c16-12-5-3-4-11(8-12)9-17-10-15-18-13-6-1-2-7-14(13)19-15/h1-8,17H,9-10H2. The first kappa shape index (κ1) is 12.3. The fourth-order valence-electron chi connectivity index (χ4n) is 1.96. The van der Waals surface area contributed by atoms with Gasteiger partial charge >= 0.3 is 0 Å². The van der Waals surface area contributed by atoms with Gasteiger partial charge in [-0.05, 0) is 29.8 Å². The lowest BCUT2D eigenvalue weighted by Gasteiger charge is -2.02. The van der Waals surface area contributed by atoms with Crippen molar-refractivity contribution in [2.24, 2.45) is 0 Å². The number of aromatic nitrogens is 1. The van der Waals surface area contributed by atoms with Gasteiger partial charge < -0.3 is 5.32 Å². The van der Waals surface area contributed by atoms with Crippen molar-refractivity contribution >= 4 is 21.6 Å². The zero-order valence-corrected chi connectivity index (χ0v) is 11.1. The number of rotatable bonds is 4. The molecule has 3 rings (SSSR count). The van der Waals surface area contributed by atoms with Crippen molar-refractivity contribution in [2.45, 2.75) is 13.1 Å². The SMILES string of the molecule is Fc1cccc(CNCc2nc3ccccc3s2)c1. The van der Waals surface area contributed by atoms with Crippen LogP contribution in [-0.4, -0.2) is 4.98 Å². The van der Waals surface area contributed by atoms with Crippen LogP contribution in [0.2, 0.25) is 0 Å². The van der Waals surface area contributed by atoms with Crippen molar-refractivity contribution in [3.63, 3.8) is 0 Å². The van der Waals surface area contributed by atoms with Gasteiger partial charge in [-0.15, -0.1) is 11.3 Å². The van der Waals surface area contributed by atoms with E-state index in [9.17, 15) is 4.39 Å². The molecule has 0 saturated carbocycles. The molecule has 1 heterocycles. The molecule has 0 atom stereocenters. The molecule has 1 N–H and O–H groups in total. The number of hydrogen-bond donors (Lipinski definition) is 1. The molecule has 0 aliphatic carbocycles. The third-order valence-electron chi connectivity index (χ3n) is 2.83. The monoisotopic (exact) mass is 272 g/mol. The second-order valence-corrected chi connectivity index (χ2v) is 5.42. The molecule has 2 aromatic carbocycles. The van der Waals surface area contributed by atoms with Gasteiger partial charge in [-0.25, -0.2) is 9.37 Å². The number of thiazole rings is 1. The Morgan fingerprint density at radius 2 is 1.95 bits per heavy atom. The molecular weight excluding hydrogens is 259 g/mol. The molecule has 1 aromatic heterocycles. The summed E-state index contributed by atoms with van der Waals surface area (Å²) in [4.78, 5) is 4.54. The van der Waals surface area contributed by atoms with Crippen molar-refractivity contribution in [2.75, 3.05) is 0 Å². The van der Waals surface area contributed by atoms with Gasteiger partial charge in [0.15, 0.2) is 0 Å². The number of nitrogens with one attached hydrogen (secondary N) is 1. The Bertz CT molecular complexity index is 660. The average Bonchev–Trinajstić information content (AvgIpc) is 2.81. The zero-order chi connectivity index (χ0) is 13.1. The lowest BCUT2D eigenvalue weighted by molar-refractivity contribution is 0.620. The molecule has 0 amide bonds. The van der Waals surface area contributed by atoms with Gasteiger partial charge in [-0.2, -0.15) is 0 Å². The number of fused-ring (bicyclic) bond motifs is 1. The minimum atomic E-state index is -0.195. The minimum Gasteiger partial charge on any atom is -0.306 e. The topological polar surface area (TPSA) is 24.9 Å². The smallest absolute Gasteiger partial charge is 0.123 e. The van der Waals surface area contributed by atoms with Crippen LogP contribution in [0.15, 0.2) is 48.5 Å². The largest absolute Gasteiger partial charge is 0.306 e. The number of halogens is 1. The molecule has 2 nitrogen and oxygen atoms in total. The second kappa shape index (κ2) is 5.47. The molecule has 0 fully saturated rings. The van der Waals surface area contributed by atoms with Crippen LogP contribution in [0.5, 0.6) is 0 Å². The highest BCUT2D eigenvalue weighted by Crippen LogP contribution is 2.21. The highest BCUT2D eigenvalue weighted by molar-refractivity contribution is 7.18. The summed E-state index contributed by atoms with van der Waals surface area (Å²) in [6, 6.07) is 14.7. The van der Waals surface area contributed by atoms with E-state index >= 15 is 0 Å². The number of benzene rings is 2. The molecule has 0 radical (unpaired) electrons. The third kappa shape index (κ3) is 2.97. The first-order chi connectivity index (χ1) is 9.31. The molecule has 0 bridgehead atoms. The summed E-state index contributed by atoms with van der Waals surface area (Å²) in [5, 5.41) is 4.34. The van der Waals surface area contributed by atoms with Crippen LogP contribution in [0.4, 0.5) is 4.39 Å². The van der Waals surface area contributed by atoms with Crippen LogP contribution in [0.1, 0.15) is 10.6 Å². The molecular formula is C15H13FN2S. The van der Waals surface area contributed by atoms with Crippen LogP contribution < -0.4 is 5.32 Å². The lowest BCUT2D eigenvalue weighted by Crippen LogP contribution is -2.12. The first-order valence-corrected chi connectivity index (χ1v) is 6.92. The van der Waals surface area contributed by atoms with E-state index < -0.39 is 0 Å². The van der Waals surface area contributed by atoms with Crippen molar-refractivity contribution in [1.29, 1.82) is 0 Å². The maximum Gasteiger partial charge on any atom is 0.123 e. The fourth-order valence-corrected chi connectivity index (χ4v) is 2.89. The Morgan fingerprint density at radius 1 is 1.05 bits per heavy atom. The van der Waals surface area contributed by atoms with E-state index in [1.54, 1.807) is 23.5 Å². The molecule has 3 aromatic rings. The molecule has 0 aliphatic rings. The van der Waals surface area contributed by atoms with E-state index in [-0.39, 0.29) is 5.82 Å². The van der Waals surface area contributed by atoms with E-state index in [4.69, 9.17) is 0 Å². The predicted molar refractivity (Wildman–Crippen MR) is 76.6 cm³/mol. The molecule has 96 valence electrons. The molecule has 0 saturated heterocycles. The van der Waals surface area contributed by atoms with Crippen molar-refractivity contribution in [1.82, 2.24) is 10.3 Å². The van der Waals surface area contributed by atoms with Crippen LogP contribution in [0, 0.1) is 5.82 Å².